The highest BCUT2D eigenvalue weighted by Crippen LogP contribution is 2.57. The van der Waals surface area contributed by atoms with Crippen molar-refractivity contribution in [2.24, 2.45) is 11.8 Å². The van der Waals surface area contributed by atoms with E-state index in [1.165, 1.54) is 0 Å². The maximum absolute atomic E-state index is 13.1. The van der Waals surface area contributed by atoms with Crippen LogP contribution in [0.2, 0.25) is 0 Å². The molecule has 0 radical (unpaired) electrons. The summed E-state index contributed by atoms with van der Waals surface area (Å²) < 4.78 is 7.43. The summed E-state index contributed by atoms with van der Waals surface area (Å²) in [5.41, 5.74) is 2.41. The van der Waals surface area contributed by atoms with Gasteiger partial charge in [0.1, 0.15) is 11.3 Å². The minimum absolute atomic E-state index is 0.136. The molecular weight excluding hydrogens is 430 g/mol. The molecule has 34 heavy (non-hydrogen) atoms. The average Bonchev–Trinajstić information content (AvgIpc) is 3.13. The van der Waals surface area contributed by atoms with Crippen LogP contribution >= 0.6 is 0 Å². The first kappa shape index (κ1) is 21.1. The van der Waals surface area contributed by atoms with Gasteiger partial charge in [0.2, 0.25) is 5.88 Å². The van der Waals surface area contributed by atoms with E-state index in [2.05, 4.69) is 20.6 Å². The van der Waals surface area contributed by atoms with Gasteiger partial charge in [-0.15, -0.1) is 0 Å². The van der Waals surface area contributed by atoms with E-state index < -0.39 is 6.09 Å². The number of aryl methyl sites for hydroxylation is 2. The van der Waals surface area contributed by atoms with Gasteiger partial charge in [-0.2, -0.15) is 4.98 Å². The number of rotatable bonds is 4. The Morgan fingerprint density at radius 1 is 1.03 bits per heavy atom. The minimum Gasteiger partial charge on any atom is -0.390 e. The third kappa shape index (κ3) is 3.81. The van der Waals surface area contributed by atoms with Crippen LogP contribution in [0.3, 0.4) is 0 Å². The summed E-state index contributed by atoms with van der Waals surface area (Å²) in [7, 11) is 0. The summed E-state index contributed by atoms with van der Waals surface area (Å²) in [4.78, 5) is 34.8. The number of aromatic nitrogens is 3. The van der Waals surface area contributed by atoms with Crippen molar-refractivity contribution >= 4 is 17.6 Å². The lowest BCUT2D eigenvalue weighted by Crippen LogP contribution is -2.70. The lowest BCUT2D eigenvalue weighted by molar-refractivity contribution is -0.0450. The van der Waals surface area contributed by atoms with Gasteiger partial charge in [0.25, 0.3) is 5.91 Å². The van der Waals surface area contributed by atoms with Crippen LogP contribution < -0.4 is 15.4 Å². The van der Waals surface area contributed by atoms with E-state index in [1.807, 2.05) is 48.7 Å². The number of hydrogen-bond donors (Lipinski definition) is 2. The number of amides is 2. The molecule has 7 rings (SSSR count). The molecule has 3 aromatic rings. The molecule has 4 saturated carbocycles. The third-order valence-electron chi connectivity index (χ3n) is 7.72. The Labute approximate surface area is 198 Å². The predicted octanol–water partition coefficient (Wildman–Crippen LogP) is 3.96. The Morgan fingerprint density at radius 2 is 1.76 bits per heavy atom. The first-order valence-electron chi connectivity index (χ1n) is 12.0. The Kier molecular flexibility index (Phi) is 4.69. The topological polar surface area (TPSA) is 97.6 Å². The van der Waals surface area contributed by atoms with Crippen LogP contribution in [-0.4, -0.2) is 37.4 Å². The number of pyridine rings is 2. The van der Waals surface area contributed by atoms with E-state index in [-0.39, 0.29) is 22.9 Å². The van der Waals surface area contributed by atoms with Gasteiger partial charge in [0, 0.05) is 23.0 Å². The van der Waals surface area contributed by atoms with Crippen molar-refractivity contribution in [3.8, 4) is 5.88 Å². The van der Waals surface area contributed by atoms with Crippen molar-refractivity contribution in [1.82, 2.24) is 25.0 Å². The summed E-state index contributed by atoms with van der Waals surface area (Å²) in [6, 6.07) is 9.42. The second-order valence-electron chi connectivity index (χ2n) is 10.7. The number of ether oxygens (including phenoxy) is 1. The lowest BCUT2D eigenvalue weighted by atomic mass is 9.50. The summed E-state index contributed by atoms with van der Waals surface area (Å²) in [5, 5.41) is 6.53. The molecule has 0 aliphatic heterocycles. The normalized spacial score (nSPS) is 29.2. The van der Waals surface area contributed by atoms with Gasteiger partial charge in [0.15, 0.2) is 0 Å². The molecule has 3 heterocycles. The molecule has 2 N–H and O–H groups in total. The zero-order valence-electron chi connectivity index (χ0n) is 19.5. The maximum atomic E-state index is 13.1. The van der Waals surface area contributed by atoms with E-state index in [9.17, 15) is 9.59 Å². The molecule has 4 fully saturated rings. The first-order valence-corrected chi connectivity index (χ1v) is 12.0. The Balaban J connectivity index is 1.19. The highest BCUT2D eigenvalue weighted by atomic mass is 16.6. The van der Waals surface area contributed by atoms with Crippen LogP contribution in [-0.2, 0) is 0 Å². The molecule has 2 unspecified atom stereocenters. The van der Waals surface area contributed by atoms with Gasteiger partial charge in [-0.25, -0.2) is 9.78 Å². The Morgan fingerprint density at radius 3 is 2.50 bits per heavy atom. The average molecular weight is 460 g/mol. The smallest absolute Gasteiger partial charge is 0.390 e. The highest BCUT2D eigenvalue weighted by Gasteiger charge is 2.59. The molecule has 0 aromatic carbocycles. The van der Waals surface area contributed by atoms with Gasteiger partial charge in [-0.05, 0) is 94.0 Å². The molecule has 8 heteroatoms. The van der Waals surface area contributed by atoms with Crippen molar-refractivity contribution in [2.75, 3.05) is 0 Å². The number of nitrogens with one attached hydrogen (secondary N) is 2. The van der Waals surface area contributed by atoms with Crippen molar-refractivity contribution < 1.29 is 14.3 Å². The van der Waals surface area contributed by atoms with E-state index in [0.717, 1.165) is 49.0 Å². The number of hydrogen-bond acceptors (Lipinski definition) is 5. The second kappa shape index (κ2) is 7.55. The predicted molar refractivity (Wildman–Crippen MR) is 126 cm³/mol. The number of imidazole rings is 1. The SMILES string of the molecule is Cc1ccn2cc(OC(=O)NC34CC5CC(C3)CC(NC(=O)c3cccc(C)n3)(C5)C4)nc2c1. The van der Waals surface area contributed by atoms with Crippen LogP contribution in [0.25, 0.3) is 5.65 Å². The third-order valence-corrected chi connectivity index (χ3v) is 7.72. The highest BCUT2D eigenvalue weighted by molar-refractivity contribution is 5.92. The molecule has 2 amide bonds. The largest absolute Gasteiger partial charge is 0.414 e. The molecule has 0 spiro atoms. The zero-order valence-corrected chi connectivity index (χ0v) is 19.5. The zero-order chi connectivity index (χ0) is 23.5. The quantitative estimate of drug-likeness (QED) is 0.616. The number of nitrogens with zero attached hydrogens (tertiary/aromatic N) is 3. The minimum atomic E-state index is -0.482. The van der Waals surface area contributed by atoms with Crippen LogP contribution in [0, 0.1) is 25.7 Å². The fourth-order valence-corrected chi connectivity index (χ4v) is 6.98. The van der Waals surface area contributed by atoms with E-state index in [1.54, 1.807) is 12.3 Å². The Hall–Kier alpha value is -3.42. The molecule has 2 atom stereocenters. The van der Waals surface area contributed by atoms with Gasteiger partial charge in [0.05, 0.1) is 6.20 Å². The molecule has 4 aliphatic carbocycles. The standard InChI is InChI=1S/C26H29N5O3/c1-16-6-7-31-14-22(28-21(31)8-16)34-24(33)30-26-12-18-9-19(13-26)11-25(10-18,15-26)29-23(32)20-5-3-4-17(2)27-20/h3-8,14,18-19H,9-13,15H2,1-2H3,(H,29,32)(H,30,33). The molecule has 176 valence electrons. The lowest BCUT2D eigenvalue weighted by Gasteiger charge is -2.61. The number of carbonyl (C=O) groups excluding carboxylic acids is 2. The first-order chi connectivity index (χ1) is 16.3. The molecule has 8 nitrogen and oxygen atoms in total. The van der Waals surface area contributed by atoms with E-state index >= 15 is 0 Å². The summed E-state index contributed by atoms with van der Waals surface area (Å²) >= 11 is 0. The summed E-state index contributed by atoms with van der Waals surface area (Å²) in [5.74, 6) is 1.10. The van der Waals surface area contributed by atoms with E-state index in [4.69, 9.17) is 4.74 Å². The van der Waals surface area contributed by atoms with Gasteiger partial charge in [-0.3, -0.25) is 4.79 Å². The van der Waals surface area contributed by atoms with Crippen molar-refractivity contribution in [3.05, 3.63) is 59.7 Å². The molecular formula is C26H29N5O3. The molecule has 4 bridgehead atoms. The van der Waals surface area contributed by atoms with Crippen molar-refractivity contribution in [3.63, 3.8) is 0 Å². The van der Waals surface area contributed by atoms with Crippen LogP contribution in [0.1, 0.15) is 60.3 Å². The number of carbonyl (C=O) groups is 2. The van der Waals surface area contributed by atoms with E-state index in [0.29, 0.717) is 24.0 Å². The van der Waals surface area contributed by atoms with Gasteiger partial charge >= 0.3 is 6.09 Å². The summed E-state index contributed by atoms with van der Waals surface area (Å²) in [6.07, 6.45) is 8.74. The molecule has 3 aromatic heterocycles. The number of fused-ring (bicyclic) bond motifs is 1. The molecule has 4 aliphatic rings. The van der Waals surface area contributed by atoms with Gasteiger partial charge < -0.3 is 19.8 Å². The van der Waals surface area contributed by atoms with Crippen LogP contribution in [0.5, 0.6) is 5.88 Å². The Bertz CT molecular complexity index is 1280. The maximum Gasteiger partial charge on any atom is 0.414 e. The van der Waals surface area contributed by atoms with Crippen molar-refractivity contribution in [1.29, 1.82) is 0 Å². The van der Waals surface area contributed by atoms with Crippen molar-refractivity contribution in [2.45, 2.75) is 63.5 Å². The van der Waals surface area contributed by atoms with Gasteiger partial charge in [-0.1, -0.05) is 6.07 Å². The van der Waals surface area contributed by atoms with Crippen LogP contribution in [0.4, 0.5) is 4.79 Å². The second-order valence-corrected chi connectivity index (χ2v) is 10.7. The van der Waals surface area contributed by atoms with Crippen LogP contribution in [0.15, 0.2) is 42.7 Å². The monoisotopic (exact) mass is 459 g/mol. The fourth-order valence-electron chi connectivity index (χ4n) is 6.98. The summed E-state index contributed by atoms with van der Waals surface area (Å²) in [6.45, 7) is 3.88. The molecule has 0 saturated heterocycles. The fraction of sp³-hybridized carbons (Fsp3) is 0.462.